The molecule has 0 aliphatic heterocycles. The lowest BCUT2D eigenvalue weighted by Gasteiger charge is -2.13. The lowest BCUT2D eigenvalue weighted by atomic mass is 10.1. The van der Waals surface area contributed by atoms with Gasteiger partial charge in [0.1, 0.15) is 5.82 Å². The Morgan fingerprint density at radius 2 is 1.75 bits per heavy atom. The summed E-state index contributed by atoms with van der Waals surface area (Å²) in [5, 5.41) is 15.8. The topological polar surface area (TPSA) is 78.5 Å². The fourth-order valence-electron chi connectivity index (χ4n) is 3.35. The molecule has 5 aromatic rings. The van der Waals surface area contributed by atoms with E-state index in [1.165, 1.54) is 0 Å². The number of aromatic amines is 1. The molecule has 0 radical (unpaired) electrons. The van der Waals surface area contributed by atoms with Crippen LogP contribution in [-0.4, -0.2) is 27.2 Å². The van der Waals surface area contributed by atoms with Crippen molar-refractivity contribution in [2.45, 2.75) is 0 Å². The Hall–Kier alpha value is -3.93. The van der Waals surface area contributed by atoms with E-state index in [0.717, 1.165) is 44.6 Å². The van der Waals surface area contributed by atoms with Crippen LogP contribution in [0.4, 0.5) is 17.2 Å². The Bertz CT molecular complexity index is 1290. The van der Waals surface area contributed by atoms with Gasteiger partial charge in [0, 0.05) is 34.8 Å². The number of nitrogens with one attached hydrogen (secondary N) is 3. The van der Waals surface area contributed by atoms with E-state index in [1.54, 1.807) is 0 Å². The molecule has 0 amide bonds. The molecule has 3 aromatic carbocycles. The standard InChI is InChI=1S/C22H18N6/c1-23-19-8-4-2-6-16(19)22-26-20-9-5-3-7-17(20)21(27-22)25-15-10-11-18-14(12-15)13-24-28-18/h2-13,23H,1H3,(H,24,28)(H,25,26,27). The van der Waals surface area contributed by atoms with Gasteiger partial charge in [-0.25, -0.2) is 9.97 Å². The molecule has 0 atom stereocenters. The third-order valence-electron chi connectivity index (χ3n) is 4.74. The molecule has 0 spiro atoms. The third-order valence-corrected chi connectivity index (χ3v) is 4.74. The second-order valence-electron chi connectivity index (χ2n) is 6.51. The molecule has 0 saturated carbocycles. The molecule has 28 heavy (non-hydrogen) atoms. The van der Waals surface area contributed by atoms with Crippen LogP contribution in [0.5, 0.6) is 0 Å². The number of hydrogen-bond acceptors (Lipinski definition) is 5. The zero-order valence-corrected chi connectivity index (χ0v) is 15.3. The fraction of sp³-hybridized carbons (Fsp3) is 0.0455. The van der Waals surface area contributed by atoms with Crippen molar-refractivity contribution < 1.29 is 0 Å². The van der Waals surface area contributed by atoms with E-state index in [1.807, 2.05) is 73.9 Å². The first-order valence-corrected chi connectivity index (χ1v) is 9.06. The van der Waals surface area contributed by atoms with Gasteiger partial charge in [0.05, 0.1) is 17.2 Å². The van der Waals surface area contributed by atoms with Crippen LogP contribution >= 0.6 is 0 Å². The van der Waals surface area contributed by atoms with Gasteiger partial charge in [-0.1, -0.05) is 24.3 Å². The Morgan fingerprint density at radius 3 is 2.68 bits per heavy atom. The molecule has 0 bridgehead atoms. The highest BCUT2D eigenvalue weighted by Gasteiger charge is 2.12. The van der Waals surface area contributed by atoms with Crippen LogP contribution in [-0.2, 0) is 0 Å². The summed E-state index contributed by atoms with van der Waals surface area (Å²) in [5.74, 6) is 1.45. The van der Waals surface area contributed by atoms with Crippen LogP contribution in [0.2, 0.25) is 0 Å². The molecular formula is C22H18N6. The third kappa shape index (κ3) is 2.81. The number of benzene rings is 3. The van der Waals surface area contributed by atoms with Crippen molar-refractivity contribution in [3.63, 3.8) is 0 Å². The van der Waals surface area contributed by atoms with Crippen molar-refractivity contribution in [3.05, 3.63) is 72.9 Å². The van der Waals surface area contributed by atoms with E-state index in [0.29, 0.717) is 5.82 Å². The van der Waals surface area contributed by atoms with Gasteiger partial charge in [-0.2, -0.15) is 5.10 Å². The average molecular weight is 366 g/mol. The van der Waals surface area contributed by atoms with E-state index in [9.17, 15) is 0 Å². The molecule has 6 heteroatoms. The summed E-state index contributed by atoms with van der Waals surface area (Å²) in [6, 6.07) is 22.1. The number of aromatic nitrogens is 4. The minimum Gasteiger partial charge on any atom is -0.388 e. The van der Waals surface area contributed by atoms with Crippen LogP contribution in [0.1, 0.15) is 0 Å². The summed E-state index contributed by atoms with van der Waals surface area (Å²) in [7, 11) is 1.90. The van der Waals surface area contributed by atoms with Gasteiger partial charge >= 0.3 is 0 Å². The quantitative estimate of drug-likeness (QED) is 0.419. The molecule has 6 nitrogen and oxygen atoms in total. The van der Waals surface area contributed by atoms with Crippen molar-refractivity contribution in [1.82, 2.24) is 20.2 Å². The minimum absolute atomic E-state index is 0.676. The van der Waals surface area contributed by atoms with Gasteiger partial charge in [0.2, 0.25) is 0 Å². The predicted octanol–water partition coefficient (Wildman–Crippen LogP) is 4.96. The zero-order valence-electron chi connectivity index (χ0n) is 15.3. The van der Waals surface area contributed by atoms with Gasteiger partial charge in [-0.3, -0.25) is 5.10 Å². The van der Waals surface area contributed by atoms with E-state index in [4.69, 9.17) is 9.97 Å². The van der Waals surface area contributed by atoms with Crippen molar-refractivity contribution in [3.8, 4) is 11.4 Å². The van der Waals surface area contributed by atoms with Crippen molar-refractivity contribution in [2.24, 2.45) is 0 Å². The first-order valence-electron chi connectivity index (χ1n) is 9.06. The maximum atomic E-state index is 4.86. The highest BCUT2D eigenvalue weighted by Crippen LogP contribution is 2.31. The normalized spacial score (nSPS) is 11.0. The van der Waals surface area contributed by atoms with Gasteiger partial charge in [-0.05, 0) is 42.5 Å². The molecule has 0 fully saturated rings. The molecule has 136 valence electrons. The molecular weight excluding hydrogens is 348 g/mol. The van der Waals surface area contributed by atoms with Crippen molar-refractivity contribution in [1.29, 1.82) is 0 Å². The molecule has 0 aliphatic rings. The number of anilines is 3. The van der Waals surface area contributed by atoms with Gasteiger partial charge in [0.15, 0.2) is 5.82 Å². The molecule has 2 heterocycles. The van der Waals surface area contributed by atoms with Crippen LogP contribution < -0.4 is 10.6 Å². The van der Waals surface area contributed by atoms with Gasteiger partial charge in [-0.15, -0.1) is 0 Å². The molecule has 3 N–H and O–H groups in total. The van der Waals surface area contributed by atoms with Crippen molar-refractivity contribution in [2.75, 3.05) is 17.7 Å². The Kier molecular flexibility index (Phi) is 3.87. The maximum Gasteiger partial charge on any atom is 0.164 e. The fourth-order valence-corrected chi connectivity index (χ4v) is 3.35. The highest BCUT2D eigenvalue weighted by atomic mass is 15.1. The summed E-state index contributed by atoms with van der Waals surface area (Å²) >= 11 is 0. The maximum absolute atomic E-state index is 4.86. The number of fused-ring (bicyclic) bond motifs is 2. The first kappa shape index (κ1) is 16.3. The Balaban J connectivity index is 1.66. The largest absolute Gasteiger partial charge is 0.388 e. The zero-order chi connectivity index (χ0) is 18.9. The van der Waals surface area contributed by atoms with E-state index in [-0.39, 0.29) is 0 Å². The molecule has 0 unspecified atom stereocenters. The summed E-state index contributed by atoms with van der Waals surface area (Å²) in [6.07, 6.45) is 1.81. The van der Waals surface area contributed by atoms with E-state index in [2.05, 4.69) is 26.9 Å². The minimum atomic E-state index is 0.676. The van der Waals surface area contributed by atoms with Crippen LogP contribution in [0, 0.1) is 0 Å². The average Bonchev–Trinajstić information content (AvgIpc) is 3.21. The number of rotatable bonds is 4. The summed E-state index contributed by atoms with van der Waals surface area (Å²) < 4.78 is 0. The molecule has 0 aliphatic carbocycles. The van der Waals surface area contributed by atoms with E-state index < -0.39 is 0 Å². The first-order chi connectivity index (χ1) is 13.8. The summed E-state index contributed by atoms with van der Waals surface area (Å²) in [5.41, 5.74) is 4.80. The van der Waals surface area contributed by atoms with Gasteiger partial charge in [0.25, 0.3) is 0 Å². The van der Waals surface area contributed by atoms with Crippen LogP contribution in [0.15, 0.2) is 72.9 Å². The number of nitrogens with zero attached hydrogens (tertiary/aromatic N) is 3. The second-order valence-corrected chi connectivity index (χ2v) is 6.51. The molecule has 5 rings (SSSR count). The monoisotopic (exact) mass is 366 g/mol. The number of para-hydroxylation sites is 2. The van der Waals surface area contributed by atoms with Gasteiger partial charge < -0.3 is 10.6 Å². The Morgan fingerprint density at radius 1 is 0.893 bits per heavy atom. The molecule has 0 saturated heterocycles. The summed E-state index contributed by atoms with van der Waals surface area (Å²) in [6.45, 7) is 0. The van der Waals surface area contributed by atoms with E-state index >= 15 is 0 Å². The lowest BCUT2D eigenvalue weighted by Crippen LogP contribution is -2.01. The summed E-state index contributed by atoms with van der Waals surface area (Å²) in [4.78, 5) is 9.65. The smallest absolute Gasteiger partial charge is 0.164 e. The van der Waals surface area contributed by atoms with Crippen molar-refractivity contribution >= 4 is 39.0 Å². The SMILES string of the molecule is CNc1ccccc1-c1nc(Nc2ccc3[nH]ncc3c2)c2ccccc2n1. The number of hydrogen-bond donors (Lipinski definition) is 3. The molecule has 2 aromatic heterocycles. The Labute approximate surface area is 161 Å². The lowest BCUT2D eigenvalue weighted by molar-refractivity contribution is 1.12. The second kappa shape index (κ2) is 6.66. The van der Waals surface area contributed by atoms with Crippen LogP contribution in [0.25, 0.3) is 33.2 Å². The highest BCUT2D eigenvalue weighted by molar-refractivity contribution is 5.94. The predicted molar refractivity (Wildman–Crippen MR) is 114 cm³/mol. The van der Waals surface area contributed by atoms with Crippen LogP contribution in [0.3, 0.4) is 0 Å². The number of H-pyrrole nitrogens is 1.